The Labute approximate surface area is 416 Å². The quantitative estimate of drug-likeness (QED) is 0.0570. The number of halogens is 4. The molecule has 6 aromatic rings. The number of nitrogens with zero attached hydrogens (tertiary/aromatic N) is 8. The highest BCUT2D eigenvalue weighted by atomic mass is 35.5. The number of aromatic nitrogens is 4. The van der Waals surface area contributed by atoms with E-state index in [4.69, 9.17) is 38.4 Å². The number of amides is 1. The van der Waals surface area contributed by atoms with Crippen molar-refractivity contribution < 1.29 is 33.0 Å². The second-order valence-electron chi connectivity index (χ2n) is 17.4. The van der Waals surface area contributed by atoms with E-state index < -0.39 is 29.7 Å². The Bertz CT molecular complexity index is 2600. The Balaban J connectivity index is 0.000000206. The van der Waals surface area contributed by atoms with E-state index in [0.29, 0.717) is 71.1 Å². The molecule has 2 saturated heterocycles. The first-order chi connectivity index (χ1) is 33.7. The summed E-state index contributed by atoms with van der Waals surface area (Å²) in [6.07, 6.45) is 7.55. The minimum Gasteiger partial charge on any atom is -0.496 e. The molecule has 372 valence electrons. The third kappa shape index (κ3) is 12.8. The Kier molecular flexibility index (Phi) is 17.9. The molecule has 5 N–H and O–H groups in total. The number of carbonyl (C=O) groups excluding carboxylic acids is 1. The molecule has 2 atom stereocenters. The summed E-state index contributed by atoms with van der Waals surface area (Å²) in [4.78, 5) is 50.0. The van der Waals surface area contributed by atoms with Gasteiger partial charge in [-0.3, -0.25) is 19.4 Å². The van der Waals surface area contributed by atoms with E-state index in [2.05, 4.69) is 45.3 Å². The molecule has 0 unspecified atom stereocenters. The van der Waals surface area contributed by atoms with Crippen molar-refractivity contribution in [2.45, 2.75) is 64.7 Å². The van der Waals surface area contributed by atoms with Crippen LogP contribution >= 0.6 is 23.2 Å². The third-order valence-corrected chi connectivity index (χ3v) is 13.5. The van der Waals surface area contributed by atoms with Gasteiger partial charge < -0.3 is 40.7 Å². The van der Waals surface area contributed by atoms with E-state index in [9.17, 15) is 23.5 Å². The van der Waals surface area contributed by atoms with Crippen LogP contribution in [0.3, 0.4) is 0 Å². The molecule has 0 spiro atoms. The Morgan fingerprint density at radius 3 is 1.50 bits per heavy atom. The molecule has 2 aliphatic rings. The number of hydrogen-bond donors (Lipinski definition) is 4. The lowest BCUT2D eigenvalue weighted by atomic mass is 10.1. The lowest BCUT2D eigenvalue weighted by Crippen LogP contribution is -2.45. The van der Waals surface area contributed by atoms with E-state index >= 15 is 0 Å². The first-order valence-corrected chi connectivity index (χ1v) is 24.0. The lowest BCUT2D eigenvalue weighted by Gasteiger charge is -2.29. The third-order valence-electron chi connectivity index (χ3n) is 12.9. The van der Waals surface area contributed by atoms with Gasteiger partial charge in [-0.05, 0) is 102 Å². The van der Waals surface area contributed by atoms with Crippen molar-refractivity contribution in [3.05, 3.63) is 106 Å². The number of hydrogen-bond acceptors (Lipinski definition) is 14. The van der Waals surface area contributed by atoms with Crippen molar-refractivity contribution in [3.8, 4) is 11.5 Å². The highest BCUT2D eigenvalue weighted by Crippen LogP contribution is 2.34. The minimum absolute atomic E-state index is 0.00650. The Hall–Kier alpha value is -6.02. The van der Waals surface area contributed by atoms with Crippen LogP contribution < -0.4 is 25.8 Å². The van der Waals surface area contributed by atoms with Crippen molar-refractivity contribution in [1.29, 1.82) is 0 Å². The summed E-state index contributed by atoms with van der Waals surface area (Å²) in [6, 6.07) is 15.7. The summed E-state index contributed by atoms with van der Waals surface area (Å²) < 4.78 is 40.3. The number of carbonyl (C=O) groups is 2. The number of likely N-dealkylation sites (tertiary alicyclic amines) is 2. The van der Waals surface area contributed by atoms with E-state index in [0.717, 1.165) is 50.4 Å². The molecular weight excluding hydrogens is 944 g/mol. The highest BCUT2D eigenvalue weighted by Gasteiger charge is 2.26. The standard InChI is InChI=1S/C25H30ClFN6O2.C25H29ClFN5O3/c1-16(24(28)34)33(11-10-32-8-3-4-9-32)14-17-12-18-21(13-22(17)35-2)29-15-30-25(18)31-20-7-5-6-19(26)23(20)27;1-16(25(33)34)32(11-10-31-8-3-4-9-31)14-17-12-18-21(13-22(17)35-2)28-15-29-24(18)30-20-7-5-6-19(26)23(20)27/h5-7,12-13,15-16H,3-4,8-11,14H2,1-2H3,(H2,28,34)(H,29,30,31);5-7,12-13,15-16H,3-4,8-11,14H2,1-2H3,(H,33,34)(H,28,29,30)/t2*16-/m11/s1. The molecule has 8 rings (SSSR count). The van der Waals surface area contributed by atoms with Crippen molar-refractivity contribution in [1.82, 2.24) is 39.5 Å². The molecule has 0 radical (unpaired) electrons. The monoisotopic (exact) mass is 1000 g/mol. The van der Waals surface area contributed by atoms with Crippen LogP contribution in [0.25, 0.3) is 21.8 Å². The molecule has 2 aromatic heterocycles. The van der Waals surface area contributed by atoms with Gasteiger partial charge >= 0.3 is 5.97 Å². The fourth-order valence-corrected chi connectivity index (χ4v) is 9.03. The van der Waals surface area contributed by atoms with Gasteiger partial charge in [-0.25, -0.2) is 28.7 Å². The number of rotatable bonds is 20. The molecule has 20 heteroatoms. The summed E-state index contributed by atoms with van der Waals surface area (Å²) in [5, 5.41) is 17.1. The fourth-order valence-electron chi connectivity index (χ4n) is 8.68. The van der Waals surface area contributed by atoms with Crippen molar-refractivity contribution in [2.24, 2.45) is 5.73 Å². The van der Waals surface area contributed by atoms with Crippen molar-refractivity contribution in [2.75, 3.05) is 77.2 Å². The van der Waals surface area contributed by atoms with Gasteiger partial charge in [-0.2, -0.15) is 0 Å². The average Bonchev–Trinajstić information content (AvgIpc) is 4.09. The van der Waals surface area contributed by atoms with Gasteiger partial charge in [0.2, 0.25) is 5.91 Å². The number of anilines is 4. The minimum atomic E-state index is -0.881. The zero-order valence-electron chi connectivity index (χ0n) is 39.7. The molecular formula is C50H59Cl2F2N11O5. The van der Waals surface area contributed by atoms with Crippen molar-refractivity contribution >= 4 is 79.9 Å². The topological polar surface area (TPSA) is 187 Å². The molecule has 1 amide bonds. The zero-order valence-corrected chi connectivity index (χ0v) is 41.2. The number of fused-ring (bicyclic) bond motifs is 2. The average molecular weight is 1000 g/mol. The summed E-state index contributed by atoms with van der Waals surface area (Å²) in [6.45, 7) is 11.5. The van der Waals surface area contributed by atoms with Crippen LogP contribution in [0.2, 0.25) is 10.0 Å². The number of carboxylic acid groups (broad SMARTS) is 1. The molecule has 4 heterocycles. The Morgan fingerprint density at radius 1 is 0.700 bits per heavy atom. The number of aliphatic carboxylic acids is 1. The van der Waals surface area contributed by atoms with E-state index in [-0.39, 0.29) is 27.3 Å². The number of carboxylic acids is 1. The molecule has 16 nitrogen and oxygen atoms in total. The van der Waals surface area contributed by atoms with Crippen LogP contribution in [0.1, 0.15) is 50.7 Å². The molecule has 2 aliphatic heterocycles. The van der Waals surface area contributed by atoms with E-state index in [1.54, 1.807) is 51.5 Å². The van der Waals surface area contributed by atoms with E-state index in [1.807, 2.05) is 30.0 Å². The summed E-state index contributed by atoms with van der Waals surface area (Å²) >= 11 is 11.9. The molecule has 4 aromatic carbocycles. The smallest absolute Gasteiger partial charge is 0.320 e. The number of nitrogens with one attached hydrogen (secondary N) is 2. The predicted octanol–water partition coefficient (Wildman–Crippen LogP) is 8.49. The second kappa shape index (κ2) is 24.2. The van der Waals surface area contributed by atoms with Gasteiger partial charge in [0.1, 0.15) is 41.8 Å². The van der Waals surface area contributed by atoms with Gasteiger partial charge in [0, 0.05) is 73.3 Å². The first-order valence-electron chi connectivity index (χ1n) is 23.2. The van der Waals surface area contributed by atoms with Crippen LogP contribution in [-0.2, 0) is 22.7 Å². The van der Waals surface area contributed by atoms with Gasteiger partial charge in [0.05, 0.1) is 52.7 Å². The SMILES string of the molecule is COc1cc2ncnc(Nc3cccc(Cl)c3F)c2cc1CN(CCN1CCCC1)[C@H](C)C(=O)O.COc1cc2ncnc(Nc3cccc(Cl)c3F)c2cc1CN(CCN1CCCC1)[C@H](C)C(N)=O. The maximum Gasteiger partial charge on any atom is 0.320 e. The maximum absolute atomic E-state index is 14.5. The lowest BCUT2D eigenvalue weighted by molar-refractivity contribution is -0.143. The fraction of sp³-hybridized carbons (Fsp3) is 0.400. The van der Waals surface area contributed by atoms with Gasteiger partial charge in [0.15, 0.2) is 11.6 Å². The van der Waals surface area contributed by atoms with Crippen LogP contribution in [0.15, 0.2) is 73.3 Å². The highest BCUT2D eigenvalue weighted by molar-refractivity contribution is 6.31. The molecule has 2 fully saturated rings. The number of nitrogens with two attached hydrogens (primary N) is 1. The molecule has 70 heavy (non-hydrogen) atoms. The zero-order chi connectivity index (χ0) is 49.9. The van der Waals surface area contributed by atoms with Crippen LogP contribution in [0.4, 0.5) is 31.8 Å². The molecule has 0 bridgehead atoms. The number of methoxy groups -OCH3 is 2. The summed E-state index contributed by atoms with van der Waals surface area (Å²) in [5.74, 6) is -0.307. The molecule has 0 saturated carbocycles. The number of benzene rings is 4. The number of primary amides is 1. The largest absolute Gasteiger partial charge is 0.496 e. The maximum atomic E-state index is 14.5. The number of ether oxygens (including phenoxy) is 2. The van der Waals surface area contributed by atoms with Gasteiger partial charge in [-0.1, -0.05) is 35.3 Å². The van der Waals surface area contributed by atoms with Crippen LogP contribution in [0.5, 0.6) is 11.5 Å². The van der Waals surface area contributed by atoms with Crippen molar-refractivity contribution in [3.63, 3.8) is 0 Å². The van der Waals surface area contributed by atoms with Crippen LogP contribution in [-0.4, -0.2) is 135 Å². The van der Waals surface area contributed by atoms with Crippen LogP contribution in [0, 0.1) is 11.6 Å². The summed E-state index contributed by atoms with van der Waals surface area (Å²) in [7, 11) is 3.17. The molecule has 0 aliphatic carbocycles. The van der Waals surface area contributed by atoms with Gasteiger partial charge in [0.25, 0.3) is 0 Å². The first kappa shape index (κ1) is 51.8. The van der Waals surface area contributed by atoms with E-state index in [1.165, 1.54) is 50.5 Å². The normalized spacial score (nSPS) is 15.0. The summed E-state index contributed by atoms with van der Waals surface area (Å²) in [5.41, 5.74) is 8.96. The Morgan fingerprint density at radius 2 is 1.11 bits per heavy atom. The second-order valence-corrected chi connectivity index (χ2v) is 18.2. The van der Waals surface area contributed by atoms with Gasteiger partial charge in [-0.15, -0.1) is 0 Å². The predicted molar refractivity (Wildman–Crippen MR) is 269 cm³/mol.